The molecule has 4 heteroatoms. The number of carboxylic acids is 1. The van der Waals surface area contributed by atoms with Crippen LogP contribution in [0.25, 0.3) is 6.08 Å². The van der Waals surface area contributed by atoms with E-state index in [2.05, 4.69) is 4.42 Å². The fourth-order valence-electron chi connectivity index (χ4n) is 0.560. The van der Waals surface area contributed by atoms with Crippen LogP contribution in [0.3, 0.4) is 0 Å². The zero-order chi connectivity index (χ0) is 8.27. The summed E-state index contributed by atoms with van der Waals surface area (Å²) in [5.41, 5.74) is 0. The van der Waals surface area contributed by atoms with Crippen molar-refractivity contribution < 1.29 is 18.7 Å². The second kappa shape index (κ2) is 3.01. The highest BCUT2D eigenvalue weighted by Gasteiger charge is 2.05. The molecule has 0 amide bonds. The van der Waals surface area contributed by atoms with Gasteiger partial charge in [0.2, 0.25) is 5.83 Å². The molecule has 0 radical (unpaired) electrons. The SMILES string of the molecule is O=C(O)C(F)=Cc1ccco1. The maximum absolute atomic E-state index is 12.3. The lowest BCUT2D eigenvalue weighted by atomic mass is 10.4. The number of carbonyl (C=O) groups is 1. The molecule has 0 spiro atoms. The Morgan fingerprint density at radius 2 is 2.45 bits per heavy atom. The van der Waals surface area contributed by atoms with Crippen molar-refractivity contribution in [2.24, 2.45) is 0 Å². The van der Waals surface area contributed by atoms with Gasteiger partial charge in [-0.3, -0.25) is 0 Å². The maximum atomic E-state index is 12.3. The minimum Gasteiger partial charge on any atom is -0.476 e. The topological polar surface area (TPSA) is 50.4 Å². The van der Waals surface area contributed by atoms with Crippen LogP contribution < -0.4 is 0 Å². The summed E-state index contributed by atoms with van der Waals surface area (Å²) < 4.78 is 17.0. The third kappa shape index (κ3) is 1.93. The van der Waals surface area contributed by atoms with Gasteiger partial charge in [0.1, 0.15) is 5.76 Å². The van der Waals surface area contributed by atoms with Crippen molar-refractivity contribution in [3.8, 4) is 0 Å². The Labute approximate surface area is 61.8 Å². The molecule has 0 aliphatic rings. The van der Waals surface area contributed by atoms with E-state index >= 15 is 0 Å². The van der Waals surface area contributed by atoms with Crippen molar-refractivity contribution in [3.63, 3.8) is 0 Å². The fraction of sp³-hybridized carbons (Fsp3) is 0. The van der Waals surface area contributed by atoms with E-state index in [1.54, 1.807) is 6.07 Å². The van der Waals surface area contributed by atoms with E-state index in [1.165, 1.54) is 12.3 Å². The van der Waals surface area contributed by atoms with Crippen LogP contribution in [-0.2, 0) is 4.79 Å². The number of carboxylic acid groups (broad SMARTS) is 1. The van der Waals surface area contributed by atoms with Gasteiger partial charge in [-0.05, 0) is 12.1 Å². The van der Waals surface area contributed by atoms with Crippen molar-refractivity contribution in [1.29, 1.82) is 0 Å². The normalized spacial score (nSPS) is 11.5. The van der Waals surface area contributed by atoms with Crippen molar-refractivity contribution in [2.45, 2.75) is 0 Å². The molecule has 1 aromatic rings. The van der Waals surface area contributed by atoms with Gasteiger partial charge in [0.15, 0.2) is 0 Å². The third-order valence-electron chi connectivity index (χ3n) is 1.02. The molecule has 0 bridgehead atoms. The van der Waals surface area contributed by atoms with E-state index in [9.17, 15) is 9.18 Å². The van der Waals surface area contributed by atoms with Crippen molar-refractivity contribution >= 4 is 12.0 Å². The van der Waals surface area contributed by atoms with Crippen LogP contribution in [0, 0.1) is 0 Å². The van der Waals surface area contributed by atoms with E-state index in [1.807, 2.05) is 0 Å². The van der Waals surface area contributed by atoms with Gasteiger partial charge >= 0.3 is 5.97 Å². The molecule has 0 fully saturated rings. The lowest BCUT2D eigenvalue weighted by Gasteiger charge is -1.85. The Kier molecular flexibility index (Phi) is 2.06. The summed E-state index contributed by atoms with van der Waals surface area (Å²) in [7, 11) is 0. The van der Waals surface area contributed by atoms with Gasteiger partial charge in [-0.1, -0.05) is 0 Å². The minimum atomic E-state index is -1.60. The summed E-state index contributed by atoms with van der Waals surface area (Å²) in [6, 6.07) is 3.00. The lowest BCUT2D eigenvalue weighted by molar-refractivity contribution is -0.134. The first-order valence-corrected chi connectivity index (χ1v) is 2.84. The van der Waals surface area contributed by atoms with Crippen LogP contribution in [0.4, 0.5) is 4.39 Å². The minimum absolute atomic E-state index is 0.185. The molecular formula is C7H5FO3. The van der Waals surface area contributed by atoms with Gasteiger partial charge < -0.3 is 9.52 Å². The highest BCUT2D eigenvalue weighted by molar-refractivity contribution is 5.88. The van der Waals surface area contributed by atoms with Crippen LogP contribution in [0.2, 0.25) is 0 Å². The first kappa shape index (κ1) is 7.53. The van der Waals surface area contributed by atoms with Gasteiger partial charge in [-0.15, -0.1) is 0 Å². The molecule has 1 rings (SSSR count). The predicted molar refractivity (Wildman–Crippen MR) is 35.4 cm³/mol. The molecule has 0 saturated carbocycles. The Bertz CT molecular complexity index is 274. The van der Waals surface area contributed by atoms with Crippen molar-refractivity contribution in [1.82, 2.24) is 0 Å². The van der Waals surface area contributed by atoms with Crippen LogP contribution in [-0.4, -0.2) is 11.1 Å². The first-order valence-electron chi connectivity index (χ1n) is 2.84. The quantitative estimate of drug-likeness (QED) is 0.662. The Morgan fingerprint density at radius 1 is 1.73 bits per heavy atom. The molecule has 0 saturated heterocycles. The van der Waals surface area contributed by atoms with Crippen LogP contribution in [0.15, 0.2) is 28.6 Å². The van der Waals surface area contributed by atoms with E-state index in [0.29, 0.717) is 0 Å². The van der Waals surface area contributed by atoms with Gasteiger partial charge in [0.25, 0.3) is 0 Å². The van der Waals surface area contributed by atoms with E-state index < -0.39 is 11.8 Å². The largest absolute Gasteiger partial charge is 0.476 e. The van der Waals surface area contributed by atoms with E-state index in [0.717, 1.165) is 6.08 Å². The van der Waals surface area contributed by atoms with E-state index in [4.69, 9.17) is 5.11 Å². The van der Waals surface area contributed by atoms with Crippen molar-refractivity contribution in [3.05, 3.63) is 30.0 Å². The molecule has 1 heterocycles. The Hall–Kier alpha value is -1.58. The fourth-order valence-corrected chi connectivity index (χ4v) is 0.560. The summed E-state index contributed by atoms with van der Waals surface area (Å²) in [6.07, 6.45) is 2.14. The average Bonchev–Trinajstić information content (AvgIpc) is 2.39. The maximum Gasteiger partial charge on any atom is 0.364 e. The smallest absolute Gasteiger partial charge is 0.364 e. The van der Waals surface area contributed by atoms with E-state index in [-0.39, 0.29) is 5.76 Å². The summed E-state index contributed by atoms with van der Waals surface area (Å²) in [5, 5.41) is 8.10. The van der Waals surface area contributed by atoms with Gasteiger partial charge in [-0.25, -0.2) is 4.79 Å². The van der Waals surface area contributed by atoms with Crippen LogP contribution >= 0.6 is 0 Å². The number of rotatable bonds is 2. The highest BCUT2D eigenvalue weighted by Crippen LogP contribution is 2.07. The average molecular weight is 156 g/mol. The lowest BCUT2D eigenvalue weighted by Crippen LogP contribution is -1.93. The first-order chi connectivity index (χ1) is 5.20. The molecule has 0 atom stereocenters. The second-order valence-corrected chi connectivity index (χ2v) is 1.81. The van der Waals surface area contributed by atoms with Gasteiger partial charge in [0.05, 0.1) is 6.26 Å². The van der Waals surface area contributed by atoms with Gasteiger partial charge in [-0.2, -0.15) is 4.39 Å². The number of hydrogen-bond acceptors (Lipinski definition) is 2. The monoisotopic (exact) mass is 156 g/mol. The molecular weight excluding hydrogens is 151 g/mol. The molecule has 0 aliphatic carbocycles. The molecule has 1 aromatic heterocycles. The van der Waals surface area contributed by atoms with Crippen LogP contribution in [0.1, 0.15) is 5.76 Å². The second-order valence-electron chi connectivity index (χ2n) is 1.81. The molecule has 11 heavy (non-hydrogen) atoms. The number of hydrogen-bond donors (Lipinski definition) is 1. The number of aliphatic carboxylic acids is 1. The van der Waals surface area contributed by atoms with Crippen molar-refractivity contribution in [2.75, 3.05) is 0 Å². The molecule has 0 aliphatic heterocycles. The Balaban J connectivity index is 2.82. The third-order valence-corrected chi connectivity index (χ3v) is 1.02. The Morgan fingerprint density at radius 3 is 2.91 bits per heavy atom. The zero-order valence-electron chi connectivity index (χ0n) is 5.45. The van der Waals surface area contributed by atoms with Crippen LogP contribution in [0.5, 0.6) is 0 Å². The summed E-state index contributed by atoms with van der Waals surface area (Å²) in [5.74, 6) is -2.65. The standard InChI is InChI=1S/C7H5FO3/c8-6(7(9)10)4-5-2-1-3-11-5/h1-4H,(H,9,10). The summed E-state index contributed by atoms with van der Waals surface area (Å²) in [4.78, 5) is 9.94. The summed E-state index contributed by atoms with van der Waals surface area (Å²) in [6.45, 7) is 0. The number of halogens is 1. The predicted octanol–water partition coefficient (Wildman–Crippen LogP) is 1.67. The van der Waals surface area contributed by atoms with Gasteiger partial charge in [0, 0.05) is 6.08 Å². The summed E-state index contributed by atoms with van der Waals surface area (Å²) >= 11 is 0. The molecule has 0 aromatic carbocycles. The zero-order valence-corrected chi connectivity index (χ0v) is 5.45. The molecule has 58 valence electrons. The highest BCUT2D eigenvalue weighted by atomic mass is 19.1. The molecule has 3 nitrogen and oxygen atoms in total. The molecule has 1 N–H and O–H groups in total. The number of furan rings is 1. The molecule has 0 unspecified atom stereocenters.